The van der Waals surface area contributed by atoms with Crippen molar-refractivity contribution in [3.05, 3.63) is 36.4 Å². The van der Waals surface area contributed by atoms with Gasteiger partial charge < -0.3 is 40.4 Å². The number of amides is 2. The van der Waals surface area contributed by atoms with Gasteiger partial charge in [-0.25, -0.2) is 19.7 Å². The van der Waals surface area contributed by atoms with Crippen LogP contribution in [-0.4, -0.2) is 91.2 Å². The maximum absolute atomic E-state index is 12.6. The molecule has 2 aliphatic heterocycles. The van der Waals surface area contributed by atoms with Gasteiger partial charge in [0.1, 0.15) is 17.7 Å². The first-order valence-corrected chi connectivity index (χ1v) is 14.2. The van der Waals surface area contributed by atoms with Crippen LogP contribution in [0.3, 0.4) is 0 Å². The molecule has 4 heterocycles. The SMILES string of the molecule is COc1ccccc1OC(=O)N1CCC(CC#Cc2nc(N)c3ncn(C4OC(C(=O)NC5CC5)C(O)C4O)c3n2)CC1. The third kappa shape index (κ3) is 6.05. The monoisotopic (exact) mass is 591 g/mol. The number of methoxy groups -OCH3 is 1. The van der Waals surface area contributed by atoms with Crippen LogP contribution in [0.1, 0.15) is 44.2 Å². The third-order valence-corrected chi connectivity index (χ3v) is 7.87. The first kappa shape index (κ1) is 28.7. The molecule has 1 aliphatic carbocycles. The minimum absolute atomic E-state index is 0.0792. The van der Waals surface area contributed by atoms with Gasteiger partial charge in [0, 0.05) is 25.6 Å². The zero-order valence-corrected chi connectivity index (χ0v) is 23.5. The van der Waals surface area contributed by atoms with Crippen molar-refractivity contribution in [1.82, 2.24) is 29.7 Å². The van der Waals surface area contributed by atoms with Gasteiger partial charge in [-0.2, -0.15) is 0 Å². The molecular weight excluding hydrogens is 558 g/mol. The predicted octanol–water partition coefficient (Wildman–Crippen LogP) is 0.968. The van der Waals surface area contributed by atoms with Gasteiger partial charge in [-0.15, -0.1) is 0 Å². The number of fused-ring (bicyclic) bond motifs is 1. The van der Waals surface area contributed by atoms with E-state index in [2.05, 4.69) is 32.1 Å². The Morgan fingerprint density at radius 2 is 1.86 bits per heavy atom. The molecule has 3 aliphatic rings. The number of anilines is 1. The lowest BCUT2D eigenvalue weighted by atomic mass is 9.94. The van der Waals surface area contributed by atoms with Crippen LogP contribution < -0.4 is 20.5 Å². The summed E-state index contributed by atoms with van der Waals surface area (Å²) in [6.07, 6.45) is -0.330. The van der Waals surface area contributed by atoms with Gasteiger partial charge in [0.25, 0.3) is 5.91 Å². The molecule has 4 atom stereocenters. The van der Waals surface area contributed by atoms with Crippen LogP contribution in [0.2, 0.25) is 0 Å². The summed E-state index contributed by atoms with van der Waals surface area (Å²) in [4.78, 5) is 39.8. The molecule has 3 fully saturated rings. The number of benzene rings is 1. The van der Waals surface area contributed by atoms with Crippen molar-refractivity contribution < 1.29 is 34.0 Å². The largest absolute Gasteiger partial charge is 0.493 e. The summed E-state index contributed by atoms with van der Waals surface area (Å²) < 4.78 is 18.0. The van der Waals surface area contributed by atoms with Crippen LogP contribution >= 0.6 is 0 Å². The number of hydrogen-bond donors (Lipinski definition) is 4. The number of para-hydroxylation sites is 2. The number of likely N-dealkylation sites (tertiary alicyclic amines) is 1. The lowest BCUT2D eigenvalue weighted by Gasteiger charge is -2.30. The number of rotatable bonds is 6. The molecule has 226 valence electrons. The molecule has 1 aromatic carbocycles. The number of imidazole rings is 1. The highest BCUT2D eigenvalue weighted by Crippen LogP contribution is 2.33. The predicted molar refractivity (Wildman–Crippen MR) is 152 cm³/mol. The lowest BCUT2D eigenvalue weighted by molar-refractivity contribution is -0.137. The van der Waals surface area contributed by atoms with Crippen molar-refractivity contribution in [1.29, 1.82) is 0 Å². The number of nitrogen functional groups attached to an aromatic ring is 1. The summed E-state index contributed by atoms with van der Waals surface area (Å²) >= 11 is 0. The normalized spacial score (nSPS) is 23.9. The number of aromatic nitrogens is 4. The molecule has 1 saturated carbocycles. The Bertz CT molecular complexity index is 1570. The van der Waals surface area contributed by atoms with Crippen molar-refractivity contribution >= 4 is 29.0 Å². The first-order chi connectivity index (χ1) is 20.8. The van der Waals surface area contributed by atoms with Crippen molar-refractivity contribution in [3.63, 3.8) is 0 Å². The van der Waals surface area contributed by atoms with Crippen molar-refractivity contribution in [2.45, 2.75) is 62.7 Å². The maximum atomic E-state index is 12.6. The molecule has 14 nitrogen and oxygen atoms in total. The molecule has 4 unspecified atom stereocenters. The molecule has 0 spiro atoms. The fraction of sp³-hybridized carbons (Fsp3) is 0.483. The van der Waals surface area contributed by atoms with Gasteiger partial charge in [-0.3, -0.25) is 9.36 Å². The molecule has 2 amide bonds. The number of nitrogens with two attached hydrogens (primary N) is 1. The van der Waals surface area contributed by atoms with Gasteiger partial charge in [0.15, 0.2) is 35.3 Å². The van der Waals surface area contributed by atoms with Gasteiger partial charge in [0.2, 0.25) is 5.82 Å². The van der Waals surface area contributed by atoms with Gasteiger partial charge in [-0.05, 0) is 49.7 Å². The third-order valence-electron chi connectivity index (χ3n) is 7.87. The second-order valence-corrected chi connectivity index (χ2v) is 10.9. The van der Waals surface area contributed by atoms with E-state index >= 15 is 0 Å². The maximum Gasteiger partial charge on any atom is 0.415 e. The van der Waals surface area contributed by atoms with Gasteiger partial charge >= 0.3 is 6.09 Å². The van der Waals surface area contributed by atoms with Crippen LogP contribution in [0.15, 0.2) is 30.6 Å². The average molecular weight is 592 g/mol. The Hall–Kier alpha value is -4.45. The highest BCUT2D eigenvalue weighted by molar-refractivity contribution is 5.83. The zero-order valence-electron chi connectivity index (χ0n) is 23.5. The fourth-order valence-electron chi connectivity index (χ4n) is 5.25. The Morgan fingerprint density at radius 1 is 1.12 bits per heavy atom. The Kier molecular flexibility index (Phi) is 8.02. The second kappa shape index (κ2) is 12.0. The Labute approximate surface area is 247 Å². The zero-order chi connectivity index (χ0) is 30.1. The van der Waals surface area contributed by atoms with Crippen LogP contribution in [0.4, 0.5) is 10.6 Å². The van der Waals surface area contributed by atoms with Crippen LogP contribution in [0, 0.1) is 17.8 Å². The minimum Gasteiger partial charge on any atom is -0.493 e. The van der Waals surface area contributed by atoms with E-state index < -0.39 is 36.5 Å². The quantitative estimate of drug-likeness (QED) is 0.299. The number of ether oxygens (including phenoxy) is 3. The fourth-order valence-corrected chi connectivity index (χ4v) is 5.25. The minimum atomic E-state index is -1.42. The van der Waals surface area contributed by atoms with Crippen molar-refractivity contribution in [3.8, 4) is 23.3 Å². The molecule has 6 rings (SSSR count). The van der Waals surface area contributed by atoms with E-state index in [9.17, 15) is 19.8 Å². The molecule has 2 saturated heterocycles. The number of carbonyl (C=O) groups is 2. The van der Waals surface area contributed by atoms with E-state index in [1.54, 1.807) is 29.2 Å². The number of nitrogens with one attached hydrogen (secondary N) is 1. The molecule has 3 aromatic rings. The van der Waals surface area contributed by atoms with E-state index in [4.69, 9.17) is 19.9 Å². The molecule has 0 radical (unpaired) electrons. The second-order valence-electron chi connectivity index (χ2n) is 10.9. The van der Waals surface area contributed by atoms with E-state index in [0.29, 0.717) is 31.0 Å². The number of hydrogen-bond acceptors (Lipinski definition) is 11. The molecule has 14 heteroatoms. The van der Waals surface area contributed by atoms with E-state index in [0.717, 1.165) is 25.7 Å². The van der Waals surface area contributed by atoms with Crippen molar-refractivity contribution in [2.75, 3.05) is 25.9 Å². The smallest absolute Gasteiger partial charge is 0.415 e. The number of aliphatic hydroxyl groups is 2. The summed E-state index contributed by atoms with van der Waals surface area (Å²) in [5, 5.41) is 24.0. The molecule has 43 heavy (non-hydrogen) atoms. The topological polar surface area (TPSA) is 187 Å². The number of carbonyl (C=O) groups excluding carboxylic acids is 2. The van der Waals surface area contributed by atoms with Gasteiger partial charge in [-0.1, -0.05) is 18.1 Å². The Morgan fingerprint density at radius 3 is 2.58 bits per heavy atom. The van der Waals surface area contributed by atoms with Crippen LogP contribution in [0.5, 0.6) is 11.5 Å². The van der Waals surface area contributed by atoms with Crippen molar-refractivity contribution in [2.24, 2.45) is 5.92 Å². The van der Waals surface area contributed by atoms with Crippen LogP contribution in [0.25, 0.3) is 11.2 Å². The standard InChI is InChI=1S/C29H33N7O7/c1-41-18-6-2-3-7-19(18)42-29(40)35-13-11-16(12-14-35)5-4-8-20-33-25(30)21-26(34-20)36(15-31-21)28-23(38)22(37)24(43-28)27(39)32-17-9-10-17/h2-3,6-7,15-17,22-24,28,37-38H,5,9-14H2,1H3,(H,32,39)(H2,30,33,34). The summed E-state index contributed by atoms with van der Waals surface area (Å²) in [7, 11) is 1.53. The summed E-state index contributed by atoms with van der Waals surface area (Å²) in [5.74, 6) is 7.03. The average Bonchev–Trinajstić information content (AvgIpc) is 3.64. The van der Waals surface area contributed by atoms with Gasteiger partial charge in [0.05, 0.1) is 13.4 Å². The summed E-state index contributed by atoms with van der Waals surface area (Å²) in [5.41, 5.74) is 6.68. The lowest BCUT2D eigenvalue weighted by Crippen LogP contribution is -2.43. The molecular formula is C29H33N7O7. The highest BCUT2D eigenvalue weighted by atomic mass is 16.6. The number of piperidine rings is 1. The summed E-state index contributed by atoms with van der Waals surface area (Å²) in [6, 6.07) is 7.09. The molecule has 0 bridgehead atoms. The van der Waals surface area contributed by atoms with E-state index in [1.165, 1.54) is 18.0 Å². The Balaban J connectivity index is 1.08. The van der Waals surface area contributed by atoms with Crippen LogP contribution in [-0.2, 0) is 9.53 Å². The van der Waals surface area contributed by atoms with E-state index in [1.807, 2.05) is 0 Å². The number of aliphatic hydroxyl groups excluding tert-OH is 2. The molecule has 5 N–H and O–H groups in total. The number of nitrogens with zero attached hydrogens (tertiary/aromatic N) is 5. The first-order valence-electron chi connectivity index (χ1n) is 14.2. The highest BCUT2D eigenvalue weighted by Gasteiger charge is 2.48. The molecule has 2 aromatic heterocycles. The summed E-state index contributed by atoms with van der Waals surface area (Å²) in [6.45, 7) is 1.09. The van der Waals surface area contributed by atoms with E-state index in [-0.39, 0.29) is 34.8 Å².